The molecule has 0 aromatic heterocycles. The van der Waals surface area contributed by atoms with Crippen LogP contribution in [-0.4, -0.2) is 20.9 Å². The molecule has 0 unspecified atom stereocenters. The Morgan fingerprint density at radius 1 is 0.966 bits per heavy atom. The summed E-state index contributed by atoms with van der Waals surface area (Å²) in [6.07, 6.45) is 0. The van der Waals surface area contributed by atoms with E-state index in [0.29, 0.717) is 11.4 Å². The quantitative estimate of drug-likeness (QED) is 0.579. The van der Waals surface area contributed by atoms with Crippen molar-refractivity contribution in [3.8, 4) is 5.75 Å². The average Bonchev–Trinajstić information content (AvgIpc) is 2.69. The normalized spacial score (nSPS) is 11.0. The molecule has 150 valence electrons. The number of hydrogen-bond acceptors (Lipinski definition) is 4. The van der Waals surface area contributed by atoms with E-state index in [4.69, 9.17) is 16.3 Å². The van der Waals surface area contributed by atoms with Crippen LogP contribution >= 0.6 is 11.6 Å². The molecule has 3 aromatic rings. The fourth-order valence-corrected chi connectivity index (χ4v) is 3.85. The van der Waals surface area contributed by atoms with Crippen molar-refractivity contribution in [3.63, 3.8) is 0 Å². The molecule has 3 rings (SSSR count). The van der Waals surface area contributed by atoms with E-state index in [0.717, 1.165) is 5.56 Å². The number of aryl methyl sites for hydroxylation is 1. The molecule has 8 heteroatoms. The van der Waals surface area contributed by atoms with Gasteiger partial charge in [-0.25, -0.2) is 8.42 Å². The number of amides is 1. The van der Waals surface area contributed by atoms with Crippen molar-refractivity contribution >= 4 is 38.9 Å². The van der Waals surface area contributed by atoms with Gasteiger partial charge in [0.1, 0.15) is 5.75 Å². The van der Waals surface area contributed by atoms with E-state index in [1.807, 2.05) is 25.1 Å². The van der Waals surface area contributed by atoms with Crippen LogP contribution in [0.3, 0.4) is 0 Å². The molecule has 0 atom stereocenters. The Hall–Kier alpha value is -3.03. The number of benzene rings is 3. The molecule has 0 bridgehead atoms. The Kier molecular flexibility index (Phi) is 6.41. The third-order valence-electron chi connectivity index (χ3n) is 3.93. The molecule has 0 aliphatic heterocycles. The van der Waals surface area contributed by atoms with Gasteiger partial charge in [0.15, 0.2) is 6.61 Å². The highest BCUT2D eigenvalue weighted by Crippen LogP contribution is 2.28. The fraction of sp³-hybridized carbons (Fsp3) is 0.0952. The van der Waals surface area contributed by atoms with Gasteiger partial charge in [0.05, 0.1) is 9.92 Å². The molecule has 0 saturated carbocycles. The number of nitrogens with one attached hydrogen (secondary N) is 2. The van der Waals surface area contributed by atoms with Crippen molar-refractivity contribution < 1.29 is 17.9 Å². The Morgan fingerprint density at radius 3 is 2.31 bits per heavy atom. The zero-order valence-corrected chi connectivity index (χ0v) is 17.1. The number of para-hydroxylation sites is 1. The van der Waals surface area contributed by atoms with Crippen LogP contribution in [0.25, 0.3) is 0 Å². The molecule has 0 radical (unpaired) electrons. The van der Waals surface area contributed by atoms with Crippen molar-refractivity contribution in [1.29, 1.82) is 0 Å². The lowest BCUT2D eigenvalue weighted by molar-refractivity contribution is -0.118. The minimum absolute atomic E-state index is 0.0100. The summed E-state index contributed by atoms with van der Waals surface area (Å²) in [5.74, 6) is -0.144. The fourth-order valence-electron chi connectivity index (χ4n) is 2.46. The van der Waals surface area contributed by atoms with Crippen LogP contribution in [0.2, 0.25) is 5.02 Å². The van der Waals surface area contributed by atoms with E-state index in [2.05, 4.69) is 10.0 Å². The van der Waals surface area contributed by atoms with E-state index in [1.54, 1.807) is 36.4 Å². The third kappa shape index (κ3) is 5.73. The molecular formula is C21H19ClN2O4S. The van der Waals surface area contributed by atoms with Gasteiger partial charge in [-0.2, -0.15) is 0 Å². The zero-order valence-electron chi connectivity index (χ0n) is 15.6. The summed E-state index contributed by atoms with van der Waals surface area (Å²) < 4.78 is 33.0. The molecule has 0 spiro atoms. The highest BCUT2D eigenvalue weighted by Gasteiger charge is 2.17. The van der Waals surface area contributed by atoms with Gasteiger partial charge in [-0.15, -0.1) is 0 Å². The smallest absolute Gasteiger partial charge is 0.262 e. The number of rotatable bonds is 7. The molecule has 0 fully saturated rings. The topological polar surface area (TPSA) is 84.5 Å². The Balaban J connectivity index is 1.64. The molecule has 29 heavy (non-hydrogen) atoms. The SMILES string of the molecule is Cc1ccc(NS(=O)(=O)c2ccc(OCC(=O)Nc3ccccc3)c(Cl)c2)cc1. The van der Waals surface area contributed by atoms with E-state index in [9.17, 15) is 13.2 Å². The van der Waals surface area contributed by atoms with Crippen molar-refractivity contribution in [2.75, 3.05) is 16.6 Å². The maximum Gasteiger partial charge on any atom is 0.262 e. The predicted octanol–water partition coefficient (Wildman–Crippen LogP) is 4.47. The standard InChI is InChI=1S/C21H19ClN2O4S/c1-15-7-9-17(10-8-15)24-29(26,27)18-11-12-20(19(22)13-18)28-14-21(25)23-16-5-3-2-4-6-16/h2-13,24H,14H2,1H3,(H,23,25). The first kappa shape index (κ1) is 20.7. The van der Waals surface area contributed by atoms with Crippen molar-refractivity contribution in [3.05, 3.63) is 83.4 Å². The van der Waals surface area contributed by atoms with E-state index < -0.39 is 10.0 Å². The van der Waals surface area contributed by atoms with Gasteiger partial charge in [-0.3, -0.25) is 9.52 Å². The van der Waals surface area contributed by atoms with E-state index >= 15 is 0 Å². The van der Waals surface area contributed by atoms with Crippen molar-refractivity contribution in [2.45, 2.75) is 11.8 Å². The second-order valence-corrected chi connectivity index (χ2v) is 8.36. The maximum atomic E-state index is 12.5. The van der Waals surface area contributed by atoms with Gasteiger partial charge >= 0.3 is 0 Å². The molecule has 6 nitrogen and oxygen atoms in total. The number of carbonyl (C=O) groups is 1. The first-order valence-corrected chi connectivity index (χ1v) is 10.6. The second-order valence-electron chi connectivity index (χ2n) is 6.27. The van der Waals surface area contributed by atoms with E-state index in [1.165, 1.54) is 18.2 Å². The largest absolute Gasteiger partial charge is 0.482 e. The number of anilines is 2. The molecular weight excluding hydrogens is 412 g/mol. The van der Waals surface area contributed by atoms with Crippen LogP contribution in [0.15, 0.2) is 77.7 Å². The number of halogens is 1. The lowest BCUT2D eigenvalue weighted by atomic mass is 10.2. The predicted molar refractivity (Wildman–Crippen MR) is 114 cm³/mol. The molecule has 3 aromatic carbocycles. The molecule has 2 N–H and O–H groups in total. The number of ether oxygens (including phenoxy) is 1. The molecule has 1 amide bonds. The zero-order chi connectivity index (χ0) is 20.9. The second kappa shape index (κ2) is 8.98. The van der Waals surface area contributed by atoms with Gasteiger partial charge < -0.3 is 10.1 Å². The summed E-state index contributed by atoms with van der Waals surface area (Å²) >= 11 is 6.15. The maximum absolute atomic E-state index is 12.5. The summed E-state index contributed by atoms with van der Waals surface area (Å²) in [7, 11) is -3.81. The molecule has 0 aliphatic rings. The van der Waals surface area contributed by atoms with Crippen molar-refractivity contribution in [2.24, 2.45) is 0 Å². The van der Waals surface area contributed by atoms with Crippen LogP contribution in [0.5, 0.6) is 5.75 Å². The highest BCUT2D eigenvalue weighted by molar-refractivity contribution is 7.92. The number of carbonyl (C=O) groups excluding carboxylic acids is 1. The molecule has 0 aliphatic carbocycles. The number of sulfonamides is 1. The van der Waals surface area contributed by atoms with Crippen LogP contribution in [-0.2, 0) is 14.8 Å². The van der Waals surface area contributed by atoms with Crippen molar-refractivity contribution in [1.82, 2.24) is 0 Å². The highest BCUT2D eigenvalue weighted by atomic mass is 35.5. The summed E-state index contributed by atoms with van der Waals surface area (Å²) in [4.78, 5) is 12.0. The Labute approximate surface area is 174 Å². The van der Waals surface area contributed by atoms with Gasteiger partial charge in [-0.1, -0.05) is 47.5 Å². The van der Waals surface area contributed by atoms with Gasteiger partial charge in [0, 0.05) is 11.4 Å². The third-order valence-corrected chi connectivity index (χ3v) is 5.61. The average molecular weight is 431 g/mol. The minimum Gasteiger partial charge on any atom is -0.482 e. The summed E-state index contributed by atoms with van der Waals surface area (Å²) in [5, 5.41) is 2.77. The molecule has 0 saturated heterocycles. The monoisotopic (exact) mass is 430 g/mol. The minimum atomic E-state index is -3.81. The van der Waals surface area contributed by atoms with Gasteiger partial charge in [0.25, 0.3) is 15.9 Å². The van der Waals surface area contributed by atoms with Crippen LogP contribution < -0.4 is 14.8 Å². The molecule has 0 heterocycles. The number of hydrogen-bond donors (Lipinski definition) is 2. The Morgan fingerprint density at radius 2 is 1.66 bits per heavy atom. The summed E-state index contributed by atoms with van der Waals surface area (Å²) in [6.45, 7) is 1.65. The Bertz CT molecular complexity index is 1100. The van der Waals surface area contributed by atoms with Gasteiger partial charge in [-0.05, 0) is 49.4 Å². The first-order valence-electron chi connectivity index (χ1n) is 8.70. The lowest BCUT2D eigenvalue weighted by Gasteiger charge is -2.12. The van der Waals surface area contributed by atoms with Crippen LogP contribution in [0, 0.1) is 6.92 Å². The first-order chi connectivity index (χ1) is 13.8. The van der Waals surface area contributed by atoms with Gasteiger partial charge in [0.2, 0.25) is 0 Å². The van der Waals surface area contributed by atoms with Crippen LogP contribution in [0.1, 0.15) is 5.56 Å². The van der Waals surface area contributed by atoms with E-state index in [-0.39, 0.29) is 28.2 Å². The lowest BCUT2D eigenvalue weighted by Crippen LogP contribution is -2.20. The summed E-state index contributed by atoms with van der Waals surface area (Å²) in [6, 6.07) is 20.0. The summed E-state index contributed by atoms with van der Waals surface area (Å²) in [5.41, 5.74) is 2.12. The van der Waals surface area contributed by atoms with Crippen LogP contribution in [0.4, 0.5) is 11.4 Å².